The summed E-state index contributed by atoms with van der Waals surface area (Å²) in [6.45, 7) is 3.98. The summed E-state index contributed by atoms with van der Waals surface area (Å²) in [7, 11) is 0. The van der Waals surface area contributed by atoms with E-state index in [1.165, 1.54) is 11.5 Å². The van der Waals surface area contributed by atoms with Crippen LogP contribution in [0.1, 0.15) is 24.9 Å². The van der Waals surface area contributed by atoms with Crippen LogP contribution in [-0.2, 0) is 9.53 Å². The Labute approximate surface area is 111 Å². The summed E-state index contributed by atoms with van der Waals surface area (Å²) in [6, 6.07) is 1.21. The minimum absolute atomic E-state index is 0.227. The van der Waals surface area contributed by atoms with Crippen molar-refractivity contribution in [1.82, 2.24) is 4.57 Å². The molecular formula is C13H18N2O4. The highest BCUT2D eigenvalue weighted by molar-refractivity contribution is 5.88. The van der Waals surface area contributed by atoms with Crippen molar-refractivity contribution in [3.8, 4) is 0 Å². The molecule has 1 aromatic rings. The monoisotopic (exact) mass is 266 g/mol. The molecule has 104 valence electrons. The van der Waals surface area contributed by atoms with Crippen LogP contribution in [0.2, 0.25) is 0 Å². The molecular weight excluding hydrogens is 248 g/mol. The quantitative estimate of drug-likeness (QED) is 0.814. The summed E-state index contributed by atoms with van der Waals surface area (Å²) in [5.74, 6) is -0.297. The molecule has 1 aliphatic rings. The molecule has 0 spiro atoms. The number of rotatable bonds is 2. The summed E-state index contributed by atoms with van der Waals surface area (Å²) in [4.78, 5) is 23.4. The molecule has 1 fully saturated rings. The third-order valence-corrected chi connectivity index (χ3v) is 3.14. The number of aryl methyl sites for hydroxylation is 1. The van der Waals surface area contributed by atoms with Gasteiger partial charge in [0.2, 0.25) is 5.91 Å². The van der Waals surface area contributed by atoms with Gasteiger partial charge in [0.25, 0.3) is 5.56 Å². The molecule has 1 aromatic heterocycles. The zero-order valence-corrected chi connectivity index (χ0v) is 11.0. The average Bonchev–Trinajstić information content (AvgIpc) is 2.33. The van der Waals surface area contributed by atoms with E-state index in [9.17, 15) is 14.7 Å². The number of amides is 1. The molecule has 0 radical (unpaired) electrons. The van der Waals surface area contributed by atoms with E-state index in [1.807, 2.05) is 6.92 Å². The fraction of sp³-hybridized carbons (Fsp3) is 0.538. The van der Waals surface area contributed by atoms with Gasteiger partial charge in [-0.25, -0.2) is 0 Å². The van der Waals surface area contributed by atoms with Crippen molar-refractivity contribution < 1.29 is 14.6 Å². The van der Waals surface area contributed by atoms with Crippen molar-refractivity contribution in [2.24, 2.45) is 0 Å². The number of carbonyl (C=O) groups excluding carboxylic acids is 1. The van der Waals surface area contributed by atoms with Gasteiger partial charge in [-0.2, -0.15) is 0 Å². The van der Waals surface area contributed by atoms with Crippen LogP contribution in [0.3, 0.4) is 0 Å². The number of aromatic nitrogens is 1. The number of ether oxygens (including phenoxy) is 1. The van der Waals surface area contributed by atoms with E-state index in [0.717, 1.165) is 5.56 Å². The van der Waals surface area contributed by atoms with Crippen molar-refractivity contribution in [3.63, 3.8) is 0 Å². The number of anilines is 1. The van der Waals surface area contributed by atoms with Crippen molar-refractivity contribution in [3.05, 3.63) is 28.2 Å². The molecule has 1 unspecified atom stereocenters. The Hall–Kier alpha value is -1.66. The van der Waals surface area contributed by atoms with Gasteiger partial charge in [-0.3, -0.25) is 9.59 Å². The maximum absolute atomic E-state index is 12.3. The molecule has 0 aliphatic carbocycles. The summed E-state index contributed by atoms with van der Waals surface area (Å²) >= 11 is 0. The second-order valence-corrected chi connectivity index (χ2v) is 4.82. The fourth-order valence-corrected chi connectivity index (χ4v) is 2.25. The summed E-state index contributed by atoms with van der Waals surface area (Å²) < 4.78 is 6.76. The maximum Gasteiger partial charge on any atom is 0.274 e. The molecule has 0 bridgehead atoms. The minimum atomic E-state index is -0.613. The first-order valence-electron chi connectivity index (χ1n) is 6.25. The third-order valence-electron chi connectivity index (χ3n) is 3.14. The predicted octanol–water partition coefficient (Wildman–Crippen LogP) is 0.437. The molecule has 2 atom stereocenters. The molecule has 1 saturated heterocycles. The number of aliphatic hydroxyl groups is 1. The molecule has 2 heterocycles. The van der Waals surface area contributed by atoms with Gasteiger partial charge in [-0.1, -0.05) is 0 Å². The first-order chi connectivity index (χ1) is 8.99. The summed E-state index contributed by atoms with van der Waals surface area (Å²) in [5.41, 5.74) is 0.738. The summed E-state index contributed by atoms with van der Waals surface area (Å²) in [6.07, 6.45) is 1.56. The van der Waals surface area contributed by atoms with Gasteiger partial charge in [-0.15, -0.1) is 0 Å². The third kappa shape index (κ3) is 3.02. The lowest BCUT2D eigenvalue weighted by Crippen LogP contribution is -2.39. The molecule has 1 amide bonds. The Morgan fingerprint density at radius 3 is 2.95 bits per heavy atom. The summed E-state index contributed by atoms with van der Waals surface area (Å²) in [5, 5.41) is 12.5. The van der Waals surface area contributed by atoms with E-state index in [4.69, 9.17) is 4.74 Å². The van der Waals surface area contributed by atoms with Gasteiger partial charge in [0, 0.05) is 19.7 Å². The number of nitrogens with one attached hydrogen (secondary N) is 1. The van der Waals surface area contributed by atoms with Crippen LogP contribution in [0.15, 0.2) is 17.1 Å². The SMILES string of the molecule is CC(=O)Nc1cc(C)cn(C2COCC[C@H]2O)c1=O. The molecule has 6 heteroatoms. The highest BCUT2D eigenvalue weighted by atomic mass is 16.5. The van der Waals surface area contributed by atoms with Gasteiger partial charge < -0.3 is 19.7 Å². The molecule has 2 rings (SSSR count). The molecule has 6 nitrogen and oxygen atoms in total. The Morgan fingerprint density at radius 2 is 2.32 bits per heavy atom. The molecule has 2 N–H and O–H groups in total. The zero-order chi connectivity index (χ0) is 14.0. The number of carbonyl (C=O) groups is 1. The van der Waals surface area contributed by atoms with E-state index in [0.29, 0.717) is 19.6 Å². The Kier molecular flexibility index (Phi) is 4.01. The molecule has 19 heavy (non-hydrogen) atoms. The number of pyridine rings is 1. The molecule has 0 saturated carbocycles. The maximum atomic E-state index is 12.3. The number of nitrogens with zero attached hydrogens (tertiary/aromatic N) is 1. The number of hydrogen-bond acceptors (Lipinski definition) is 4. The second-order valence-electron chi connectivity index (χ2n) is 4.82. The van der Waals surface area contributed by atoms with E-state index >= 15 is 0 Å². The van der Waals surface area contributed by atoms with Crippen LogP contribution < -0.4 is 10.9 Å². The highest BCUT2D eigenvalue weighted by Gasteiger charge is 2.26. The molecule has 0 aromatic carbocycles. The predicted molar refractivity (Wildman–Crippen MR) is 70.2 cm³/mol. The minimum Gasteiger partial charge on any atom is -0.391 e. The lowest BCUT2D eigenvalue weighted by Gasteiger charge is -2.29. The fourth-order valence-electron chi connectivity index (χ4n) is 2.25. The number of hydrogen-bond donors (Lipinski definition) is 2. The van der Waals surface area contributed by atoms with Gasteiger partial charge in [-0.05, 0) is 25.0 Å². The van der Waals surface area contributed by atoms with E-state index < -0.39 is 12.1 Å². The van der Waals surface area contributed by atoms with Gasteiger partial charge >= 0.3 is 0 Å². The van der Waals surface area contributed by atoms with Crippen LogP contribution in [0.25, 0.3) is 0 Å². The smallest absolute Gasteiger partial charge is 0.274 e. The van der Waals surface area contributed by atoms with Crippen molar-refractivity contribution in [1.29, 1.82) is 0 Å². The molecule has 1 aliphatic heterocycles. The zero-order valence-electron chi connectivity index (χ0n) is 11.0. The number of aliphatic hydroxyl groups excluding tert-OH is 1. The van der Waals surface area contributed by atoms with E-state index in [-0.39, 0.29) is 17.2 Å². The van der Waals surface area contributed by atoms with E-state index in [1.54, 1.807) is 12.3 Å². The Bertz CT molecular complexity index is 538. The van der Waals surface area contributed by atoms with Crippen LogP contribution in [0.5, 0.6) is 0 Å². The Morgan fingerprint density at radius 1 is 1.58 bits per heavy atom. The van der Waals surface area contributed by atoms with Crippen LogP contribution >= 0.6 is 0 Å². The normalized spacial score (nSPS) is 23.1. The van der Waals surface area contributed by atoms with Gasteiger partial charge in [0.15, 0.2) is 0 Å². The van der Waals surface area contributed by atoms with Gasteiger partial charge in [0.1, 0.15) is 5.69 Å². The van der Waals surface area contributed by atoms with Gasteiger partial charge in [0.05, 0.1) is 18.8 Å². The average molecular weight is 266 g/mol. The lowest BCUT2D eigenvalue weighted by molar-refractivity contribution is -0.114. The van der Waals surface area contributed by atoms with Crippen LogP contribution in [-0.4, -0.2) is 34.9 Å². The van der Waals surface area contributed by atoms with Crippen LogP contribution in [0, 0.1) is 6.92 Å². The topological polar surface area (TPSA) is 80.6 Å². The second kappa shape index (κ2) is 5.54. The highest BCUT2D eigenvalue weighted by Crippen LogP contribution is 2.20. The van der Waals surface area contributed by atoms with Crippen molar-refractivity contribution in [2.75, 3.05) is 18.5 Å². The first kappa shape index (κ1) is 13.8. The van der Waals surface area contributed by atoms with E-state index in [2.05, 4.69) is 5.32 Å². The van der Waals surface area contributed by atoms with Crippen LogP contribution in [0.4, 0.5) is 5.69 Å². The Balaban J connectivity index is 2.42. The lowest BCUT2D eigenvalue weighted by atomic mass is 10.1. The van der Waals surface area contributed by atoms with Crippen molar-refractivity contribution in [2.45, 2.75) is 32.4 Å². The first-order valence-corrected chi connectivity index (χ1v) is 6.25. The van der Waals surface area contributed by atoms with Crippen molar-refractivity contribution >= 4 is 11.6 Å². The largest absolute Gasteiger partial charge is 0.391 e. The standard InChI is InChI=1S/C13H18N2O4/c1-8-5-10(14-9(2)16)13(18)15(6-8)11-7-19-4-3-12(11)17/h5-6,11-12,17H,3-4,7H2,1-2H3,(H,14,16)/t11?,12-/m1/s1.